The van der Waals surface area contributed by atoms with Crippen LogP contribution in [0.1, 0.15) is 88.4 Å². The molecule has 37 heavy (non-hydrogen) atoms. The van der Waals surface area contributed by atoms with Crippen LogP contribution < -0.4 is 4.74 Å². The molecule has 1 N–H and O–H groups in total. The number of nitrogens with zero attached hydrogens (tertiary/aromatic N) is 2. The van der Waals surface area contributed by atoms with Crippen LogP contribution in [0.15, 0.2) is 46.0 Å². The van der Waals surface area contributed by atoms with Gasteiger partial charge in [-0.2, -0.15) is 4.02 Å². The molecule has 0 radical (unpaired) electrons. The number of benzene rings is 2. The second-order valence-corrected chi connectivity index (χ2v) is 12.3. The van der Waals surface area contributed by atoms with Crippen LogP contribution in [-0.2, 0) is 10.8 Å². The molecule has 0 aliphatic carbocycles. The van der Waals surface area contributed by atoms with Crippen LogP contribution in [0.4, 0.5) is 0 Å². The summed E-state index contributed by atoms with van der Waals surface area (Å²) in [5.41, 5.74) is 3.78. The molecule has 2 aromatic carbocycles. The number of ketones is 1. The highest BCUT2D eigenvalue weighted by atomic mass is 79.9. The Morgan fingerprint density at radius 3 is 2.27 bits per heavy atom. The maximum absolute atomic E-state index is 13.7. The number of halogens is 1. The molecule has 1 aliphatic heterocycles. The standard InChI is InChI=1S/C31H41BrN2O3/c1-9-11-21-18-34(29(33-32)24(21)15-20-12-10-13-23(14-20)37-8)19-27(35)22-16-25(30(2,3)4)28(36)26(17-22)31(5,6)7/h10,12-17,21,36H,9,11,18-19H2,1-8H3/b24-15+,33-29?. The Balaban J connectivity index is 1.99. The van der Waals surface area contributed by atoms with Crippen molar-refractivity contribution < 1.29 is 14.6 Å². The summed E-state index contributed by atoms with van der Waals surface area (Å²) in [7, 11) is 1.67. The molecule has 5 nitrogen and oxygen atoms in total. The molecule has 1 unspecified atom stereocenters. The number of amidine groups is 1. The summed E-state index contributed by atoms with van der Waals surface area (Å²) in [6, 6.07) is 11.7. The van der Waals surface area contributed by atoms with Gasteiger partial charge >= 0.3 is 0 Å². The summed E-state index contributed by atoms with van der Waals surface area (Å²) >= 11 is 3.34. The van der Waals surface area contributed by atoms with Crippen LogP contribution in [0.25, 0.3) is 6.08 Å². The molecular formula is C31H41BrN2O3. The average molecular weight is 570 g/mol. The van der Waals surface area contributed by atoms with E-state index in [0.29, 0.717) is 5.56 Å². The van der Waals surface area contributed by atoms with Gasteiger partial charge in [-0.15, -0.1) is 0 Å². The van der Waals surface area contributed by atoms with E-state index in [9.17, 15) is 9.90 Å². The van der Waals surface area contributed by atoms with E-state index in [-0.39, 0.29) is 34.8 Å². The molecule has 1 aliphatic rings. The van der Waals surface area contributed by atoms with Gasteiger partial charge in [-0.3, -0.25) is 4.79 Å². The van der Waals surface area contributed by atoms with E-state index >= 15 is 0 Å². The van der Waals surface area contributed by atoms with Crippen LogP contribution in [0.3, 0.4) is 0 Å². The maximum Gasteiger partial charge on any atom is 0.182 e. The topological polar surface area (TPSA) is 62.1 Å². The molecule has 1 heterocycles. The number of hydrogen-bond acceptors (Lipinski definition) is 4. The molecule has 1 fully saturated rings. The summed E-state index contributed by atoms with van der Waals surface area (Å²) in [5.74, 6) is 2.17. The Labute approximate surface area is 231 Å². The highest BCUT2D eigenvalue weighted by Gasteiger charge is 2.35. The molecule has 0 spiro atoms. The van der Waals surface area contributed by atoms with E-state index in [4.69, 9.17) is 4.74 Å². The van der Waals surface area contributed by atoms with Gasteiger partial charge in [0.2, 0.25) is 0 Å². The number of hydrogen-bond donors (Lipinski definition) is 1. The van der Waals surface area contributed by atoms with Crippen LogP contribution in [0.2, 0.25) is 0 Å². The van der Waals surface area contributed by atoms with Gasteiger partial charge in [0, 0.05) is 34.7 Å². The summed E-state index contributed by atoms with van der Waals surface area (Å²) < 4.78 is 9.86. The van der Waals surface area contributed by atoms with Gasteiger partial charge in [0.25, 0.3) is 0 Å². The fraction of sp³-hybridized carbons (Fsp3) is 0.484. The first-order valence-corrected chi connectivity index (χ1v) is 13.7. The third-order valence-electron chi connectivity index (χ3n) is 6.95. The van der Waals surface area contributed by atoms with Gasteiger partial charge in [-0.1, -0.05) is 67.0 Å². The van der Waals surface area contributed by atoms with Crippen molar-refractivity contribution in [2.24, 2.45) is 9.94 Å². The largest absolute Gasteiger partial charge is 0.507 e. The molecule has 200 valence electrons. The van der Waals surface area contributed by atoms with E-state index in [1.165, 1.54) is 0 Å². The number of phenols is 1. The number of methoxy groups -OCH3 is 1. The highest BCUT2D eigenvalue weighted by Crippen LogP contribution is 2.40. The zero-order valence-corrected chi connectivity index (χ0v) is 25.1. The van der Waals surface area contributed by atoms with Crippen molar-refractivity contribution in [2.45, 2.75) is 72.1 Å². The quantitative estimate of drug-likeness (QED) is 0.347. The van der Waals surface area contributed by atoms with Crippen molar-refractivity contribution in [3.8, 4) is 11.5 Å². The molecule has 6 heteroatoms. The Morgan fingerprint density at radius 1 is 1.14 bits per heavy atom. The first-order valence-electron chi connectivity index (χ1n) is 13.0. The SMILES string of the molecule is CCCC1CN(CC(=O)c2cc(C(C)(C)C)c(O)c(C(C)(C)C)c2)C(=NBr)/C1=C/c1cccc(OC)c1. The Bertz CT molecular complexity index is 1170. The number of aromatic hydroxyl groups is 1. The zero-order chi connectivity index (χ0) is 27.5. The van der Waals surface area contributed by atoms with Gasteiger partial charge in [0.1, 0.15) is 17.3 Å². The van der Waals surface area contributed by atoms with Crippen molar-refractivity contribution in [2.75, 3.05) is 20.2 Å². The number of ether oxygens (including phenoxy) is 1. The predicted molar refractivity (Wildman–Crippen MR) is 157 cm³/mol. The smallest absolute Gasteiger partial charge is 0.182 e. The van der Waals surface area contributed by atoms with Crippen molar-refractivity contribution in [1.82, 2.24) is 4.90 Å². The lowest BCUT2D eigenvalue weighted by atomic mass is 9.78. The van der Waals surface area contributed by atoms with E-state index in [1.54, 1.807) is 7.11 Å². The van der Waals surface area contributed by atoms with E-state index in [2.05, 4.69) is 85.7 Å². The summed E-state index contributed by atoms with van der Waals surface area (Å²) in [6.45, 7) is 15.5. The average Bonchev–Trinajstić information content (AvgIpc) is 3.13. The molecule has 0 amide bonds. The minimum absolute atomic E-state index is 0.0162. The number of phenolic OH excluding ortho intramolecular Hbond substituents is 1. The Morgan fingerprint density at radius 2 is 1.76 bits per heavy atom. The lowest BCUT2D eigenvalue weighted by molar-refractivity contribution is 0.0963. The van der Waals surface area contributed by atoms with Crippen LogP contribution in [-0.4, -0.2) is 41.8 Å². The van der Waals surface area contributed by atoms with Crippen LogP contribution in [0.5, 0.6) is 11.5 Å². The summed E-state index contributed by atoms with van der Waals surface area (Å²) in [5, 5.41) is 11.1. The lowest BCUT2D eigenvalue weighted by Crippen LogP contribution is -2.32. The minimum Gasteiger partial charge on any atom is -0.507 e. The van der Waals surface area contributed by atoms with Crippen LogP contribution >= 0.6 is 16.1 Å². The second kappa shape index (κ2) is 11.4. The number of carbonyl (C=O) groups is 1. The number of rotatable bonds is 7. The van der Waals surface area contributed by atoms with Crippen molar-refractivity contribution in [3.05, 3.63) is 64.2 Å². The highest BCUT2D eigenvalue weighted by molar-refractivity contribution is 9.08. The Kier molecular flexibility index (Phi) is 8.94. The normalized spacial score (nSPS) is 18.6. The third kappa shape index (κ3) is 6.64. The van der Waals surface area contributed by atoms with Gasteiger partial charge < -0.3 is 14.7 Å². The molecule has 1 saturated heterocycles. The van der Waals surface area contributed by atoms with Crippen molar-refractivity contribution in [1.29, 1.82) is 0 Å². The summed E-state index contributed by atoms with van der Waals surface area (Å²) in [6.07, 6.45) is 4.21. The minimum atomic E-state index is -0.296. The van der Waals surface area contributed by atoms with Crippen LogP contribution in [0, 0.1) is 5.92 Å². The van der Waals surface area contributed by atoms with Gasteiger partial charge in [-0.25, -0.2) is 0 Å². The maximum atomic E-state index is 13.7. The fourth-order valence-corrected chi connectivity index (χ4v) is 5.38. The molecule has 3 rings (SSSR count). The first kappa shape index (κ1) is 29.0. The zero-order valence-electron chi connectivity index (χ0n) is 23.5. The molecule has 0 bridgehead atoms. The fourth-order valence-electron chi connectivity index (χ4n) is 4.95. The summed E-state index contributed by atoms with van der Waals surface area (Å²) in [4.78, 5) is 15.8. The van der Waals surface area contributed by atoms with Gasteiger partial charge in [0.15, 0.2) is 5.78 Å². The van der Waals surface area contributed by atoms with E-state index in [0.717, 1.165) is 53.2 Å². The number of Topliss-reactive ketones (excluding diaryl/α,β-unsaturated/α-hetero) is 1. The van der Waals surface area contributed by atoms with E-state index in [1.807, 2.05) is 30.3 Å². The molecular weight excluding hydrogens is 528 g/mol. The van der Waals surface area contributed by atoms with Gasteiger partial charge in [0.05, 0.1) is 29.8 Å². The van der Waals surface area contributed by atoms with E-state index < -0.39 is 0 Å². The lowest BCUT2D eigenvalue weighted by Gasteiger charge is -2.28. The Hall–Kier alpha value is -2.60. The predicted octanol–water partition coefficient (Wildman–Crippen LogP) is 7.70. The number of carbonyl (C=O) groups excluding carboxylic acids is 1. The number of likely N-dealkylation sites (tertiary alicyclic amines) is 1. The molecule has 2 aromatic rings. The van der Waals surface area contributed by atoms with Gasteiger partial charge in [-0.05, 0) is 53.2 Å². The molecule has 1 atom stereocenters. The second-order valence-electron chi connectivity index (χ2n) is 12.0. The third-order valence-corrected chi connectivity index (χ3v) is 7.29. The van der Waals surface area contributed by atoms with Crippen molar-refractivity contribution in [3.63, 3.8) is 0 Å². The monoisotopic (exact) mass is 568 g/mol. The molecule has 0 saturated carbocycles. The molecule has 0 aromatic heterocycles. The van der Waals surface area contributed by atoms with Crippen molar-refractivity contribution >= 4 is 33.8 Å². The first-order chi connectivity index (χ1) is 17.3.